The van der Waals surface area contributed by atoms with Crippen LogP contribution in [0, 0.1) is 5.92 Å². The molecule has 4 rings (SSSR count). The van der Waals surface area contributed by atoms with E-state index in [1.54, 1.807) is 33.2 Å². The van der Waals surface area contributed by atoms with Gasteiger partial charge in [0.2, 0.25) is 11.9 Å². The third kappa shape index (κ3) is 6.25. The van der Waals surface area contributed by atoms with Gasteiger partial charge in [-0.15, -0.1) is 0 Å². The van der Waals surface area contributed by atoms with Crippen molar-refractivity contribution in [1.29, 1.82) is 0 Å². The van der Waals surface area contributed by atoms with E-state index >= 15 is 0 Å². The summed E-state index contributed by atoms with van der Waals surface area (Å²) < 4.78 is 17.7. The highest BCUT2D eigenvalue weighted by molar-refractivity contribution is 6.61. The molecule has 0 unspecified atom stereocenters. The zero-order valence-corrected chi connectivity index (χ0v) is 24.4. The lowest BCUT2D eigenvalue weighted by Gasteiger charge is -2.32. The lowest BCUT2D eigenvalue weighted by Crippen LogP contribution is -2.52. The van der Waals surface area contributed by atoms with Crippen molar-refractivity contribution in [2.45, 2.75) is 117 Å². The first-order chi connectivity index (χ1) is 17.6. The Bertz CT molecular complexity index is 1010. The summed E-state index contributed by atoms with van der Waals surface area (Å²) in [5.74, 6) is 0.514. The van der Waals surface area contributed by atoms with E-state index in [2.05, 4.69) is 10.2 Å². The van der Waals surface area contributed by atoms with E-state index in [9.17, 15) is 9.59 Å². The normalized spacial score (nSPS) is 23.5. The summed E-state index contributed by atoms with van der Waals surface area (Å²) in [5.41, 5.74) is -0.694. The van der Waals surface area contributed by atoms with Crippen LogP contribution in [-0.4, -0.2) is 82.0 Å². The highest BCUT2D eigenvalue weighted by Gasteiger charge is 2.52. The molecule has 1 N–H and O–H groups in total. The summed E-state index contributed by atoms with van der Waals surface area (Å²) in [6.45, 7) is 18.6. The van der Waals surface area contributed by atoms with Crippen LogP contribution in [0.25, 0.3) is 0 Å². The summed E-state index contributed by atoms with van der Waals surface area (Å²) in [6.07, 6.45) is 6.00. The summed E-state index contributed by atoms with van der Waals surface area (Å²) in [5, 5.41) is 2.79. The number of carbonyl (C=O) groups is 2. The van der Waals surface area contributed by atoms with Gasteiger partial charge in [0.1, 0.15) is 11.6 Å². The van der Waals surface area contributed by atoms with Crippen molar-refractivity contribution in [3.8, 4) is 0 Å². The van der Waals surface area contributed by atoms with Gasteiger partial charge in [-0.2, -0.15) is 0 Å². The molecule has 2 aliphatic heterocycles. The second-order valence-corrected chi connectivity index (χ2v) is 13.1. The number of nitrogens with one attached hydrogen (secondary N) is 1. The quantitative estimate of drug-likeness (QED) is 0.538. The lowest BCUT2D eigenvalue weighted by atomic mass is 9.81. The maximum absolute atomic E-state index is 13.5. The van der Waals surface area contributed by atoms with Crippen LogP contribution >= 0.6 is 0 Å². The third-order valence-electron chi connectivity index (χ3n) is 7.83. The number of hydrogen-bond donors (Lipinski definition) is 1. The van der Waals surface area contributed by atoms with Gasteiger partial charge in [0.05, 0.1) is 17.2 Å². The van der Waals surface area contributed by atoms with Gasteiger partial charge < -0.3 is 29.2 Å². The zero-order chi connectivity index (χ0) is 28.0. The fourth-order valence-corrected chi connectivity index (χ4v) is 4.86. The molecular weight excluding hydrogens is 485 g/mol. The molecule has 1 aliphatic carbocycles. The van der Waals surface area contributed by atoms with Crippen LogP contribution in [0.5, 0.6) is 0 Å². The Hall–Kier alpha value is -2.40. The molecule has 1 aromatic heterocycles. The van der Waals surface area contributed by atoms with Crippen LogP contribution in [-0.2, 0) is 18.8 Å². The number of hydrogen-bond acceptors (Lipinski definition) is 8. The van der Waals surface area contributed by atoms with Crippen LogP contribution < -0.4 is 15.7 Å². The minimum atomic E-state index is -0.645. The molecule has 1 saturated carbocycles. The number of carbonyl (C=O) groups excluding carboxylic acids is 2. The predicted octanol–water partition coefficient (Wildman–Crippen LogP) is 2.89. The zero-order valence-electron chi connectivity index (χ0n) is 24.4. The standard InChI is InChI=1S/C27H44BN5O5/c1-17(2)21(31-24(35)36-25(3,4)5)22(34)32-13-12-20(16-32)33(19-10-11-19)23-29-14-18(15-30-23)28-37-26(6,7)27(8,9)38-28/h14-15,17,19-21H,10-13,16H2,1-9H3,(H,31,35)/t20-,21-/m0/s1. The number of amides is 2. The first kappa shape index (κ1) is 28.6. The second kappa shape index (κ2) is 10.3. The number of nitrogens with zero attached hydrogens (tertiary/aromatic N) is 4. The van der Waals surface area contributed by atoms with Gasteiger partial charge in [-0.1, -0.05) is 13.8 Å². The molecule has 0 spiro atoms. The van der Waals surface area contributed by atoms with E-state index in [-0.39, 0.29) is 17.9 Å². The number of anilines is 1. The Morgan fingerprint density at radius 3 is 2.16 bits per heavy atom. The molecule has 3 aliphatic rings. The Morgan fingerprint density at radius 1 is 1.08 bits per heavy atom. The Labute approximate surface area is 227 Å². The highest BCUT2D eigenvalue weighted by Crippen LogP contribution is 2.37. The van der Waals surface area contributed by atoms with Gasteiger partial charge in [0.15, 0.2) is 0 Å². The number of aromatic nitrogens is 2. The number of rotatable bonds is 7. The monoisotopic (exact) mass is 529 g/mol. The second-order valence-electron chi connectivity index (χ2n) is 13.1. The molecule has 3 heterocycles. The van der Waals surface area contributed by atoms with Crippen molar-refractivity contribution >= 4 is 30.5 Å². The molecule has 0 bridgehead atoms. The molecule has 1 aromatic rings. The summed E-state index contributed by atoms with van der Waals surface area (Å²) in [7, 11) is -0.506. The smallest absolute Gasteiger partial charge is 0.444 e. The van der Waals surface area contributed by atoms with Gasteiger partial charge in [-0.25, -0.2) is 14.8 Å². The number of alkyl carbamates (subject to hydrolysis) is 1. The van der Waals surface area contributed by atoms with Crippen LogP contribution in [0.1, 0.15) is 81.6 Å². The van der Waals surface area contributed by atoms with E-state index in [0.717, 1.165) is 24.7 Å². The van der Waals surface area contributed by atoms with Crippen LogP contribution in [0.3, 0.4) is 0 Å². The average molecular weight is 529 g/mol. The average Bonchev–Trinajstić information content (AvgIpc) is 3.45. The Morgan fingerprint density at radius 2 is 1.66 bits per heavy atom. The molecule has 2 saturated heterocycles. The number of ether oxygens (including phenoxy) is 1. The van der Waals surface area contributed by atoms with Crippen molar-refractivity contribution in [2.24, 2.45) is 5.92 Å². The van der Waals surface area contributed by atoms with Gasteiger partial charge in [-0.3, -0.25) is 4.79 Å². The molecule has 38 heavy (non-hydrogen) atoms. The maximum Gasteiger partial charge on any atom is 0.498 e. The third-order valence-corrected chi connectivity index (χ3v) is 7.83. The first-order valence-corrected chi connectivity index (χ1v) is 13.8. The maximum atomic E-state index is 13.5. The van der Waals surface area contributed by atoms with Gasteiger partial charge in [0, 0.05) is 37.0 Å². The molecule has 3 fully saturated rings. The highest BCUT2D eigenvalue weighted by atomic mass is 16.7. The van der Waals surface area contributed by atoms with E-state index in [1.165, 1.54) is 0 Å². The van der Waals surface area contributed by atoms with Crippen molar-refractivity contribution in [1.82, 2.24) is 20.2 Å². The van der Waals surface area contributed by atoms with Crippen molar-refractivity contribution in [2.75, 3.05) is 18.0 Å². The van der Waals surface area contributed by atoms with Crippen LogP contribution in [0.4, 0.5) is 10.7 Å². The van der Waals surface area contributed by atoms with Gasteiger partial charge in [-0.05, 0) is 73.6 Å². The van der Waals surface area contributed by atoms with E-state index in [0.29, 0.717) is 25.1 Å². The summed E-state index contributed by atoms with van der Waals surface area (Å²) in [6, 6.07) is -0.157. The summed E-state index contributed by atoms with van der Waals surface area (Å²) in [4.78, 5) is 39.4. The molecule has 2 atom stereocenters. The van der Waals surface area contributed by atoms with Crippen LogP contribution in [0.15, 0.2) is 12.4 Å². The Balaban J connectivity index is 1.42. The van der Waals surface area contributed by atoms with Crippen LogP contribution in [0.2, 0.25) is 0 Å². The fourth-order valence-electron chi connectivity index (χ4n) is 4.86. The topological polar surface area (TPSA) is 106 Å². The van der Waals surface area contributed by atoms with Gasteiger partial charge in [0.25, 0.3) is 0 Å². The Kier molecular flexibility index (Phi) is 7.75. The SMILES string of the molecule is CC(C)[C@H](NC(=O)OC(C)(C)C)C(=O)N1CC[C@H](N(c2ncc(B3OC(C)(C)C(C)(C)O3)cn2)C2CC2)C1. The lowest BCUT2D eigenvalue weighted by molar-refractivity contribution is -0.133. The van der Waals surface area contributed by atoms with E-state index < -0.39 is 36.1 Å². The molecule has 210 valence electrons. The molecule has 0 radical (unpaired) electrons. The predicted molar refractivity (Wildman–Crippen MR) is 146 cm³/mol. The number of likely N-dealkylation sites (tertiary alicyclic amines) is 1. The minimum absolute atomic E-state index is 0.0699. The molecule has 0 aromatic carbocycles. The minimum Gasteiger partial charge on any atom is -0.444 e. The van der Waals surface area contributed by atoms with E-state index in [4.69, 9.17) is 24.0 Å². The molecule has 2 amide bonds. The molecular formula is C27H44BN5O5. The van der Waals surface area contributed by atoms with Gasteiger partial charge >= 0.3 is 13.2 Å². The van der Waals surface area contributed by atoms with Crippen molar-refractivity contribution < 1.29 is 23.6 Å². The molecule has 10 nitrogen and oxygen atoms in total. The molecule has 11 heteroatoms. The van der Waals surface area contributed by atoms with E-state index in [1.807, 2.05) is 46.4 Å². The first-order valence-electron chi connectivity index (χ1n) is 13.8. The largest absolute Gasteiger partial charge is 0.498 e. The van der Waals surface area contributed by atoms with Crippen molar-refractivity contribution in [3.05, 3.63) is 12.4 Å². The summed E-state index contributed by atoms with van der Waals surface area (Å²) >= 11 is 0. The fraction of sp³-hybridized carbons (Fsp3) is 0.778. The van der Waals surface area contributed by atoms with Crippen molar-refractivity contribution in [3.63, 3.8) is 0 Å².